The second-order valence-electron chi connectivity index (χ2n) is 6.29. The van der Waals surface area contributed by atoms with Crippen molar-refractivity contribution < 1.29 is 14.2 Å². The molecule has 0 amide bonds. The smallest absolute Gasteiger partial charge is 0.281 e. The van der Waals surface area contributed by atoms with Crippen LogP contribution in [0.2, 0.25) is 0 Å². The quantitative estimate of drug-likeness (QED) is 0.710. The van der Waals surface area contributed by atoms with Crippen LogP contribution < -0.4 is 19.8 Å². The Bertz CT molecular complexity index is 1090. The Balaban J connectivity index is 1.86. The van der Waals surface area contributed by atoms with Crippen LogP contribution in [0.15, 0.2) is 41.2 Å². The van der Waals surface area contributed by atoms with Crippen molar-refractivity contribution in [1.29, 1.82) is 0 Å². The molecule has 1 aliphatic heterocycles. The summed E-state index contributed by atoms with van der Waals surface area (Å²) in [6, 6.07) is 11.4. The normalized spacial score (nSPS) is 14.4. The maximum Gasteiger partial charge on any atom is 0.281 e. The van der Waals surface area contributed by atoms with Crippen LogP contribution in [-0.2, 0) is 6.54 Å². The Labute approximate surface area is 156 Å². The van der Waals surface area contributed by atoms with Crippen molar-refractivity contribution in [1.82, 2.24) is 9.55 Å². The second-order valence-corrected chi connectivity index (χ2v) is 6.29. The van der Waals surface area contributed by atoms with Crippen molar-refractivity contribution in [2.75, 3.05) is 21.3 Å². The van der Waals surface area contributed by atoms with E-state index in [-0.39, 0.29) is 5.56 Å². The molecule has 0 saturated carbocycles. The Hall–Kier alpha value is -3.28. The summed E-state index contributed by atoms with van der Waals surface area (Å²) in [5, 5.41) is 0.648. The minimum Gasteiger partial charge on any atom is -0.493 e. The van der Waals surface area contributed by atoms with E-state index in [2.05, 4.69) is 9.55 Å². The van der Waals surface area contributed by atoms with Gasteiger partial charge < -0.3 is 18.8 Å². The fourth-order valence-electron chi connectivity index (χ4n) is 3.56. The summed E-state index contributed by atoms with van der Waals surface area (Å²) in [5.74, 6) is 2.44. The van der Waals surface area contributed by atoms with Crippen molar-refractivity contribution in [3.63, 3.8) is 0 Å². The van der Waals surface area contributed by atoms with Gasteiger partial charge in [-0.2, -0.15) is 4.98 Å². The van der Waals surface area contributed by atoms with Gasteiger partial charge in [0.2, 0.25) is 5.75 Å². The van der Waals surface area contributed by atoms with Crippen LogP contribution in [0.4, 0.5) is 0 Å². The maximum atomic E-state index is 12.4. The van der Waals surface area contributed by atoms with E-state index in [9.17, 15) is 4.79 Å². The van der Waals surface area contributed by atoms with Gasteiger partial charge in [-0.05, 0) is 47.9 Å². The van der Waals surface area contributed by atoms with E-state index >= 15 is 0 Å². The van der Waals surface area contributed by atoms with Gasteiger partial charge in [0.15, 0.2) is 11.5 Å². The third-order valence-corrected chi connectivity index (χ3v) is 4.81. The monoisotopic (exact) mass is 364 g/mol. The van der Waals surface area contributed by atoms with E-state index in [1.807, 2.05) is 42.5 Å². The lowest BCUT2D eigenvalue weighted by atomic mass is 10.1. The van der Waals surface area contributed by atoms with Crippen LogP contribution in [0.3, 0.4) is 0 Å². The van der Waals surface area contributed by atoms with Crippen LogP contribution in [0.1, 0.15) is 17.8 Å². The maximum absolute atomic E-state index is 12.4. The lowest BCUT2D eigenvalue weighted by Crippen LogP contribution is -2.14. The van der Waals surface area contributed by atoms with Gasteiger partial charge in [0.05, 0.1) is 32.2 Å². The number of aromatic nitrogens is 2. The molecular weight excluding hydrogens is 344 g/mol. The van der Waals surface area contributed by atoms with Crippen molar-refractivity contribution in [3.8, 4) is 17.2 Å². The lowest BCUT2D eigenvalue weighted by molar-refractivity contribution is 0.324. The molecule has 0 atom stereocenters. The van der Waals surface area contributed by atoms with Crippen LogP contribution in [-0.4, -0.2) is 30.9 Å². The van der Waals surface area contributed by atoms with E-state index in [0.717, 1.165) is 29.6 Å². The molecule has 2 heterocycles. The molecular formula is C21H20N2O4. The first-order chi connectivity index (χ1) is 13.2. The van der Waals surface area contributed by atoms with Gasteiger partial charge >= 0.3 is 0 Å². The number of hydrogen-bond donors (Lipinski definition) is 0. The highest BCUT2D eigenvalue weighted by Gasteiger charge is 2.21. The van der Waals surface area contributed by atoms with E-state index < -0.39 is 0 Å². The number of benzene rings is 2. The minimum absolute atomic E-state index is 0.199. The third kappa shape index (κ3) is 2.83. The van der Waals surface area contributed by atoms with Crippen molar-refractivity contribution in [2.45, 2.75) is 13.0 Å². The number of fused-ring (bicyclic) bond motifs is 3. The Morgan fingerprint density at radius 3 is 2.41 bits per heavy atom. The highest BCUT2D eigenvalue weighted by molar-refractivity contribution is 5.86. The molecule has 0 unspecified atom stereocenters. The van der Waals surface area contributed by atoms with Gasteiger partial charge in [-0.15, -0.1) is 0 Å². The zero-order chi connectivity index (χ0) is 19.0. The van der Waals surface area contributed by atoms with E-state index in [1.165, 1.54) is 0 Å². The molecule has 0 spiro atoms. The molecule has 0 radical (unpaired) electrons. The number of ether oxygens (including phenoxy) is 3. The van der Waals surface area contributed by atoms with Crippen LogP contribution >= 0.6 is 0 Å². The number of aryl methyl sites for hydroxylation is 1. The highest BCUT2D eigenvalue weighted by Crippen LogP contribution is 2.39. The summed E-state index contributed by atoms with van der Waals surface area (Å²) in [6.45, 7) is 0.791. The summed E-state index contributed by atoms with van der Waals surface area (Å²) in [6.07, 6.45) is 2.82. The molecule has 1 aliphatic rings. The van der Waals surface area contributed by atoms with E-state index in [0.29, 0.717) is 28.5 Å². The fourth-order valence-corrected chi connectivity index (χ4v) is 3.56. The number of hydrogen-bond acceptors (Lipinski definition) is 5. The Kier molecular flexibility index (Phi) is 4.32. The number of allylic oxidation sites excluding steroid dienone is 1. The number of methoxy groups -OCH3 is 3. The zero-order valence-corrected chi connectivity index (χ0v) is 15.5. The molecule has 6 heteroatoms. The molecule has 27 heavy (non-hydrogen) atoms. The molecule has 0 N–H and O–H groups in total. The van der Waals surface area contributed by atoms with Gasteiger partial charge in [-0.3, -0.25) is 4.79 Å². The standard InChI is InChI=1S/C21H20N2O4/c1-25-17-11-13(12-18(26-2)19(17)27-3)10-14-8-9-23-16-7-5-4-6-15(16)21(24)22-20(14)23/h4-7,10-12H,8-9H2,1-3H3/b14-10-. The fraction of sp³-hybridized carbons (Fsp3) is 0.238. The van der Waals surface area contributed by atoms with Crippen molar-refractivity contribution >= 4 is 22.6 Å². The van der Waals surface area contributed by atoms with Gasteiger partial charge in [0.1, 0.15) is 5.82 Å². The van der Waals surface area contributed by atoms with Crippen LogP contribution in [0, 0.1) is 0 Å². The average molecular weight is 364 g/mol. The molecule has 0 aliphatic carbocycles. The molecule has 2 aromatic carbocycles. The minimum atomic E-state index is -0.199. The first-order valence-electron chi connectivity index (χ1n) is 8.66. The molecule has 0 fully saturated rings. The molecule has 138 valence electrons. The number of rotatable bonds is 4. The van der Waals surface area contributed by atoms with Gasteiger partial charge in [-0.25, -0.2) is 0 Å². The summed E-state index contributed by atoms with van der Waals surface area (Å²) < 4.78 is 18.3. The summed E-state index contributed by atoms with van der Waals surface area (Å²) in [4.78, 5) is 16.7. The third-order valence-electron chi connectivity index (χ3n) is 4.81. The largest absolute Gasteiger partial charge is 0.493 e. The van der Waals surface area contributed by atoms with Gasteiger partial charge in [0, 0.05) is 6.54 Å². The molecule has 0 saturated heterocycles. The SMILES string of the molecule is COc1cc(/C=C2/CCn3c2nc(=O)c2ccccc23)cc(OC)c1OC. The Morgan fingerprint density at radius 2 is 1.74 bits per heavy atom. The summed E-state index contributed by atoms with van der Waals surface area (Å²) in [5.41, 5.74) is 2.62. The van der Waals surface area contributed by atoms with Crippen LogP contribution in [0.5, 0.6) is 17.2 Å². The average Bonchev–Trinajstić information content (AvgIpc) is 3.10. The van der Waals surface area contributed by atoms with Crippen molar-refractivity contribution in [2.24, 2.45) is 0 Å². The topological polar surface area (TPSA) is 62.6 Å². The van der Waals surface area contributed by atoms with Gasteiger partial charge in [0.25, 0.3) is 5.56 Å². The molecule has 4 rings (SSSR count). The second kappa shape index (κ2) is 6.79. The van der Waals surface area contributed by atoms with E-state index in [1.54, 1.807) is 21.3 Å². The summed E-state index contributed by atoms with van der Waals surface area (Å²) in [7, 11) is 4.76. The predicted molar refractivity (Wildman–Crippen MR) is 105 cm³/mol. The number of para-hydroxylation sites is 1. The molecule has 6 nitrogen and oxygen atoms in total. The molecule has 3 aromatic rings. The van der Waals surface area contributed by atoms with Crippen molar-refractivity contribution in [3.05, 3.63) is 58.1 Å². The zero-order valence-electron chi connectivity index (χ0n) is 15.5. The number of nitrogens with zero attached hydrogens (tertiary/aromatic N) is 2. The molecule has 1 aromatic heterocycles. The Morgan fingerprint density at radius 1 is 1.04 bits per heavy atom. The molecule has 0 bridgehead atoms. The van der Waals surface area contributed by atoms with E-state index in [4.69, 9.17) is 14.2 Å². The first-order valence-corrected chi connectivity index (χ1v) is 8.66. The predicted octanol–water partition coefficient (Wildman–Crippen LogP) is 3.37. The lowest BCUT2D eigenvalue weighted by Gasteiger charge is -2.13. The van der Waals surface area contributed by atoms with Gasteiger partial charge in [-0.1, -0.05) is 12.1 Å². The highest BCUT2D eigenvalue weighted by atomic mass is 16.5. The first kappa shape index (κ1) is 17.1. The van der Waals surface area contributed by atoms with Crippen LogP contribution in [0.25, 0.3) is 22.6 Å². The summed E-state index contributed by atoms with van der Waals surface area (Å²) >= 11 is 0.